The van der Waals surface area contributed by atoms with Gasteiger partial charge in [-0.05, 0) is 30.2 Å². The molecule has 1 N–H and O–H groups in total. The molecule has 0 atom stereocenters. The van der Waals surface area contributed by atoms with E-state index in [9.17, 15) is 13.2 Å². The third-order valence-corrected chi connectivity index (χ3v) is 4.18. The van der Waals surface area contributed by atoms with Crippen LogP contribution in [0, 0.1) is 0 Å². The Morgan fingerprint density at radius 3 is 2.45 bits per heavy atom. The predicted molar refractivity (Wildman–Crippen MR) is 75.7 cm³/mol. The lowest BCUT2D eigenvalue weighted by Crippen LogP contribution is -2.13. The predicted octanol–water partition coefficient (Wildman–Crippen LogP) is 4.62. The number of alkyl halides is 3. The van der Waals surface area contributed by atoms with Crippen molar-refractivity contribution in [3.8, 4) is 0 Å². The van der Waals surface area contributed by atoms with Crippen molar-refractivity contribution in [1.82, 2.24) is 5.32 Å². The van der Waals surface area contributed by atoms with Crippen molar-refractivity contribution in [3.63, 3.8) is 0 Å². The highest BCUT2D eigenvalue weighted by Gasteiger charge is 2.30. The molecule has 0 unspecified atom stereocenters. The van der Waals surface area contributed by atoms with Crippen LogP contribution in [0.2, 0.25) is 0 Å². The maximum absolute atomic E-state index is 12.6. The van der Waals surface area contributed by atoms with E-state index in [1.165, 1.54) is 21.9 Å². The van der Waals surface area contributed by atoms with Crippen LogP contribution in [-0.4, -0.2) is 0 Å². The van der Waals surface area contributed by atoms with Gasteiger partial charge in [-0.2, -0.15) is 13.2 Å². The van der Waals surface area contributed by atoms with Gasteiger partial charge in [0.25, 0.3) is 0 Å². The second-order valence-electron chi connectivity index (χ2n) is 4.52. The molecule has 0 radical (unpaired) electrons. The van der Waals surface area contributed by atoms with Gasteiger partial charge in [0, 0.05) is 22.8 Å². The molecule has 0 fully saturated rings. The summed E-state index contributed by atoms with van der Waals surface area (Å²) < 4.78 is 37.7. The first-order valence-electron chi connectivity index (χ1n) is 6.43. The summed E-state index contributed by atoms with van der Waals surface area (Å²) in [5, 5.41) is 3.18. The molecule has 20 heavy (non-hydrogen) atoms. The maximum Gasteiger partial charge on any atom is 0.416 e. The molecule has 0 aliphatic heterocycles. The van der Waals surface area contributed by atoms with Crippen LogP contribution in [0.3, 0.4) is 0 Å². The average molecular weight is 299 g/mol. The van der Waals surface area contributed by atoms with Crippen molar-refractivity contribution in [2.45, 2.75) is 32.6 Å². The van der Waals surface area contributed by atoms with Crippen molar-refractivity contribution >= 4 is 11.3 Å². The highest BCUT2D eigenvalue weighted by molar-refractivity contribution is 7.11. The van der Waals surface area contributed by atoms with Crippen LogP contribution in [0.1, 0.15) is 27.8 Å². The normalized spacial score (nSPS) is 11.8. The Morgan fingerprint density at radius 1 is 1.05 bits per heavy atom. The summed E-state index contributed by atoms with van der Waals surface area (Å²) in [6.07, 6.45) is -3.27. The summed E-state index contributed by atoms with van der Waals surface area (Å²) in [5.74, 6) is 0. The SMILES string of the molecule is CCc1ccc(CNCc2cccc(C(F)(F)F)c2)s1. The molecule has 0 bridgehead atoms. The van der Waals surface area contributed by atoms with Gasteiger partial charge in [-0.25, -0.2) is 0 Å². The zero-order valence-corrected chi connectivity index (χ0v) is 11.9. The van der Waals surface area contributed by atoms with Gasteiger partial charge in [0.1, 0.15) is 0 Å². The Bertz CT molecular complexity index is 560. The lowest BCUT2D eigenvalue weighted by Gasteiger charge is -2.09. The summed E-state index contributed by atoms with van der Waals surface area (Å²) in [4.78, 5) is 2.52. The van der Waals surface area contributed by atoms with Gasteiger partial charge in [0.05, 0.1) is 5.56 Å². The number of hydrogen-bond acceptors (Lipinski definition) is 2. The summed E-state index contributed by atoms with van der Waals surface area (Å²) in [6.45, 7) is 3.22. The smallest absolute Gasteiger partial charge is 0.308 e. The van der Waals surface area contributed by atoms with Crippen molar-refractivity contribution in [2.75, 3.05) is 0 Å². The van der Waals surface area contributed by atoms with E-state index < -0.39 is 11.7 Å². The van der Waals surface area contributed by atoms with Gasteiger partial charge >= 0.3 is 6.18 Å². The van der Waals surface area contributed by atoms with E-state index >= 15 is 0 Å². The number of halogens is 3. The van der Waals surface area contributed by atoms with E-state index in [2.05, 4.69) is 24.4 Å². The number of benzene rings is 1. The molecule has 0 spiro atoms. The molecule has 108 valence electrons. The van der Waals surface area contributed by atoms with Gasteiger partial charge in [-0.15, -0.1) is 11.3 Å². The Labute approximate surface area is 120 Å². The van der Waals surface area contributed by atoms with Crippen LogP contribution >= 0.6 is 11.3 Å². The lowest BCUT2D eigenvalue weighted by atomic mass is 10.1. The Hall–Kier alpha value is -1.33. The minimum atomic E-state index is -4.28. The van der Waals surface area contributed by atoms with Gasteiger partial charge < -0.3 is 5.32 Å². The van der Waals surface area contributed by atoms with E-state index in [-0.39, 0.29) is 0 Å². The fourth-order valence-corrected chi connectivity index (χ4v) is 2.82. The molecule has 1 aromatic heterocycles. The van der Waals surface area contributed by atoms with Crippen molar-refractivity contribution < 1.29 is 13.2 Å². The number of rotatable bonds is 5. The molecule has 1 heterocycles. The van der Waals surface area contributed by atoms with Crippen LogP contribution < -0.4 is 5.32 Å². The first kappa shape index (κ1) is 15.1. The minimum absolute atomic E-state index is 0.434. The highest BCUT2D eigenvalue weighted by atomic mass is 32.1. The Kier molecular flexibility index (Phi) is 4.83. The minimum Gasteiger partial charge on any atom is -0.308 e. The molecule has 0 saturated heterocycles. The van der Waals surface area contributed by atoms with Gasteiger partial charge in [0.2, 0.25) is 0 Å². The van der Waals surface area contributed by atoms with Crippen LogP contribution in [0.4, 0.5) is 13.2 Å². The van der Waals surface area contributed by atoms with E-state index in [0.29, 0.717) is 18.7 Å². The zero-order chi connectivity index (χ0) is 14.6. The fraction of sp³-hybridized carbons (Fsp3) is 0.333. The van der Waals surface area contributed by atoms with E-state index in [0.717, 1.165) is 12.5 Å². The number of thiophene rings is 1. The Balaban J connectivity index is 1.91. The maximum atomic E-state index is 12.6. The van der Waals surface area contributed by atoms with Crippen molar-refractivity contribution in [2.24, 2.45) is 0 Å². The van der Waals surface area contributed by atoms with Gasteiger partial charge in [-0.1, -0.05) is 25.1 Å². The quantitative estimate of drug-likeness (QED) is 0.849. The fourth-order valence-electron chi connectivity index (χ4n) is 1.90. The second-order valence-corrected chi connectivity index (χ2v) is 5.78. The molecule has 0 aliphatic carbocycles. The summed E-state index contributed by atoms with van der Waals surface area (Å²) in [5.41, 5.74) is 0.0493. The lowest BCUT2D eigenvalue weighted by molar-refractivity contribution is -0.137. The first-order valence-corrected chi connectivity index (χ1v) is 7.25. The zero-order valence-electron chi connectivity index (χ0n) is 11.1. The molecular formula is C15H16F3NS. The van der Waals surface area contributed by atoms with Crippen LogP contribution in [0.25, 0.3) is 0 Å². The topological polar surface area (TPSA) is 12.0 Å². The average Bonchev–Trinajstić information content (AvgIpc) is 2.86. The molecule has 2 rings (SSSR count). The largest absolute Gasteiger partial charge is 0.416 e. The van der Waals surface area contributed by atoms with Crippen molar-refractivity contribution in [1.29, 1.82) is 0 Å². The first-order chi connectivity index (χ1) is 9.49. The van der Waals surface area contributed by atoms with E-state index in [1.54, 1.807) is 17.4 Å². The molecule has 5 heteroatoms. The molecule has 0 amide bonds. The number of nitrogens with one attached hydrogen (secondary N) is 1. The van der Waals surface area contributed by atoms with Gasteiger partial charge in [-0.3, -0.25) is 0 Å². The second kappa shape index (κ2) is 6.41. The van der Waals surface area contributed by atoms with E-state index in [1.807, 2.05) is 0 Å². The third-order valence-electron chi connectivity index (χ3n) is 2.95. The Morgan fingerprint density at radius 2 is 1.80 bits per heavy atom. The summed E-state index contributed by atoms with van der Waals surface area (Å²) in [7, 11) is 0. The highest BCUT2D eigenvalue weighted by Crippen LogP contribution is 2.29. The number of hydrogen-bond donors (Lipinski definition) is 1. The van der Waals surface area contributed by atoms with Crippen LogP contribution in [0.5, 0.6) is 0 Å². The standard InChI is InChI=1S/C15H16F3NS/c1-2-13-6-7-14(20-13)10-19-9-11-4-3-5-12(8-11)15(16,17)18/h3-8,19H,2,9-10H2,1H3. The van der Waals surface area contributed by atoms with Crippen LogP contribution in [-0.2, 0) is 25.7 Å². The third kappa shape index (κ3) is 4.08. The van der Waals surface area contributed by atoms with Gasteiger partial charge in [0.15, 0.2) is 0 Å². The molecule has 1 aromatic carbocycles. The summed E-state index contributed by atoms with van der Waals surface area (Å²) in [6, 6.07) is 9.58. The number of aryl methyl sites for hydroxylation is 1. The molecule has 1 nitrogen and oxygen atoms in total. The molecular weight excluding hydrogens is 283 g/mol. The van der Waals surface area contributed by atoms with Crippen LogP contribution in [0.15, 0.2) is 36.4 Å². The van der Waals surface area contributed by atoms with Crippen molar-refractivity contribution in [3.05, 3.63) is 57.3 Å². The molecule has 0 saturated carbocycles. The van der Waals surface area contributed by atoms with E-state index in [4.69, 9.17) is 0 Å². The molecule has 0 aliphatic rings. The molecule has 2 aromatic rings. The summed E-state index contributed by atoms with van der Waals surface area (Å²) >= 11 is 1.73. The monoisotopic (exact) mass is 299 g/mol.